The predicted molar refractivity (Wildman–Crippen MR) is 75.8 cm³/mol. The molecule has 0 aliphatic heterocycles. The quantitative estimate of drug-likeness (QED) is 0.768. The summed E-state index contributed by atoms with van der Waals surface area (Å²) in [5.41, 5.74) is 0.790. The SMILES string of the molecule is COc1ccc(Br)cc1-c1nnc2[nH]c(=O)c(C)nn12. The smallest absolute Gasteiger partial charge is 0.273 e. The molecule has 1 N–H and O–H groups in total. The molecule has 0 radical (unpaired) electrons. The average molecular weight is 336 g/mol. The lowest BCUT2D eigenvalue weighted by atomic mass is 10.2. The molecule has 0 saturated carbocycles. The zero-order chi connectivity index (χ0) is 14.3. The summed E-state index contributed by atoms with van der Waals surface area (Å²) in [7, 11) is 1.58. The van der Waals surface area contributed by atoms with Crippen molar-refractivity contribution in [2.75, 3.05) is 7.11 Å². The van der Waals surface area contributed by atoms with E-state index in [-0.39, 0.29) is 11.3 Å². The van der Waals surface area contributed by atoms with Gasteiger partial charge in [-0.25, -0.2) is 0 Å². The maximum atomic E-state index is 11.5. The minimum absolute atomic E-state index is 0.280. The monoisotopic (exact) mass is 335 g/mol. The van der Waals surface area contributed by atoms with E-state index in [9.17, 15) is 4.79 Å². The molecule has 2 heterocycles. The summed E-state index contributed by atoms with van der Waals surface area (Å²) in [6.45, 7) is 1.63. The van der Waals surface area contributed by atoms with Gasteiger partial charge in [-0.1, -0.05) is 15.9 Å². The van der Waals surface area contributed by atoms with E-state index in [1.807, 2.05) is 18.2 Å². The van der Waals surface area contributed by atoms with Crippen LogP contribution in [0, 0.1) is 6.92 Å². The molecule has 0 aliphatic rings. The van der Waals surface area contributed by atoms with E-state index in [2.05, 4.69) is 36.2 Å². The van der Waals surface area contributed by atoms with Crippen molar-refractivity contribution in [3.05, 3.63) is 38.7 Å². The number of fused-ring (bicyclic) bond motifs is 1. The number of H-pyrrole nitrogens is 1. The molecule has 7 nitrogen and oxygen atoms in total. The van der Waals surface area contributed by atoms with Gasteiger partial charge in [-0.05, 0) is 25.1 Å². The first-order valence-corrected chi connectivity index (χ1v) is 6.55. The Bertz CT molecular complexity index is 855. The molecule has 2 aromatic heterocycles. The third-order valence-corrected chi connectivity index (χ3v) is 3.34. The molecule has 0 unspecified atom stereocenters. The van der Waals surface area contributed by atoms with Gasteiger partial charge in [0.05, 0.1) is 12.7 Å². The molecule has 1 aromatic carbocycles. The van der Waals surface area contributed by atoms with Crippen LogP contribution in [0.1, 0.15) is 5.69 Å². The Kier molecular flexibility index (Phi) is 3.01. The number of ether oxygens (including phenoxy) is 1. The number of halogens is 1. The number of benzene rings is 1. The molecule has 0 spiro atoms. The first-order valence-electron chi connectivity index (χ1n) is 5.76. The third-order valence-electron chi connectivity index (χ3n) is 2.85. The van der Waals surface area contributed by atoms with Crippen LogP contribution in [-0.4, -0.2) is 31.9 Å². The number of hydrogen-bond donors (Lipinski definition) is 1. The van der Waals surface area contributed by atoms with Gasteiger partial charge in [0.25, 0.3) is 11.3 Å². The normalized spacial score (nSPS) is 10.9. The zero-order valence-corrected chi connectivity index (χ0v) is 12.3. The predicted octanol–water partition coefficient (Wildman–Crippen LogP) is 1.56. The van der Waals surface area contributed by atoms with Gasteiger partial charge >= 0.3 is 0 Å². The Hall–Kier alpha value is -2.22. The van der Waals surface area contributed by atoms with Crippen molar-refractivity contribution in [3.8, 4) is 17.1 Å². The maximum Gasteiger partial charge on any atom is 0.273 e. The summed E-state index contributed by atoms with van der Waals surface area (Å²) in [6.07, 6.45) is 0. The molecule has 0 atom stereocenters. The van der Waals surface area contributed by atoms with Crippen molar-refractivity contribution in [2.24, 2.45) is 0 Å². The third kappa shape index (κ3) is 1.97. The maximum absolute atomic E-state index is 11.5. The zero-order valence-electron chi connectivity index (χ0n) is 10.7. The molecule has 0 saturated heterocycles. The molecule has 102 valence electrons. The van der Waals surface area contributed by atoms with Gasteiger partial charge in [0.15, 0.2) is 5.82 Å². The molecule has 3 aromatic rings. The summed E-state index contributed by atoms with van der Waals surface area (Å²) >= 11 is 3.41. The molecular weight excluding hydrogens is 326 g/mol. The lowest BCUT2D eigenvalue weighted by Crippen LogP contribution is -2.15. The van der Waals surface area contributed by atoms with Gasteiger partial charge in [0.1, 0.15) is 11.4 Å². The molecule has 8 heteroatoms. The second-order valence-corrected chi connectivity index (χ2v) is 5.06. The van der Waals surface area contributed by atoms with Crippen LogP contribution in [-0.2, 0) is 0 Å². The average Bonchev–Trinajstić information content (AvgIpc) is 2.82. The molecule has 0 amide bonds. The van der Waals surface area contributed by atoms with Gasteiger partial charge in [-0.2, -0.15) is 9.61 Å². The van der Waals surface area contributed by atoms with Crippen LogP contribution in [0.15, 0.2) is 27.5 Å². The van der Waals surface area contributed by atoms with Crippen LogP contribution in [0.3, 0.4) is 0 Å². The van der Waals surface area contributed by atoms with Crippen molar-refractivity contribution in [1.82, 2.24) is 24.8 Å². The minimum atomic E-state index is -0.280. The van der Waals surface area contributed by atoms with Crippen LogP contribution in [0.5, 0.6) is 5.75 Å². The van der Waals surface area contributed by atoms with Crippen molar-refractivity contribution in [2.45, 2.75) is 6.92 Å². The first kappa shape index (κ1) is 12.8. The fourth-order valence-electron chi connectivity index (χ4n) is 1.86. The number of rotatable bonds is 2. The standard InChI is InChI=1S/C12H10BrN5O2/c1-6-11(19)14-12-16-15-10(18(12)17-6)8-5-7(13)3-4-9(8)20-2/h3-5H,1-2H3,(H,14,16,19). The summed E-state index contributed by atoms with van der Waals surface area (Å²) in [4.78, 5) is 14.1. The fraction of sp³-hybridized carbons (Fsp3) is 0.167. The highest BCUT2D eigenvalue weighted by Gasteiger charge is 2.15. The second-order valence-electron chi connectivity index (χ2n) is 4.14. The number of nitrogens with one attached hydrogen (secondary N) is 1. The summed E-state index contributed by atoms with van der Waals surface area (Å²) < 4.78 is 7.69. The Morgan fingerprint density at radius 2 is 2.15 bits per heavy atom. The van der Waals surface area contributed by atoms with Crippen LogP contribution < -0.4 is 10.3 Å². The minimum Gasteiger partial charge on any atom is -0.496 e. The second kappa shape index (κ2) is 4.71. The van der Waals surface area contributed by atoms with E-state index in [0.717, 1.165) is 10.0 Å². The highest BCUT2D eigenvalue weighted by Crippen LogP contribution is 2.31. The molecular formula is C12H10BrN5O2. The molecule has 20 heavy (non-hydrogen) atoms. The van der Waals surface area contributed by atoms with E-state index in [1.54, 1.807) is 14.0 Å². The number of nitrogens with zero attached hydrogens (tertiary/aromatic N) is 4. The van der Waals surface area contributed by atoms with E-state index in [1.165, 1.54) is 4.52 Å². The summed E-state index contributed by atoms with van der Waals surface area (Å²) in [6, 6.07) is 5.54. The lowest BCUT2D eigenvalue weighted by Gasteiger charge is -2.07. The number of methoxy groups -OCH3 is 1. The van der Waals surface area contributed by atoms with Crippen molar-refractivity contribution in [3.63, 3.8) is 0 Å². The van der Waals surface area contributed by atoms with E-state index < -0.39 is 0 Å². The lowest BCUT2D eigenvalue weighted by molar-refractivity contribution is 0.416. The van der Waals surface area contributed by atoms with Gasteiger partial charge in [0.2, 0.25) is 0 Å². The van der Waals surface area contributed by atoms with Crippen molar-refractivity contribution in [1.29, 1.82) is 0 Å². The van der Waals surface area contributed by atoms with Gasteiger partial charge in [-0.3, -0.25) is 9.78 Å². The number of hydrogen-bond acceptors (Lipinski definition) is 5. The van der Waals surface area contributed by atoms with Gasteiger partial charge < -0.3 is 4.74 Å². The van der Waals surface area contributed by atoms with Crippen LogP contribution in [0.4, 0.5) is 0 Å². The first-order chi connectivity index (χ1) is 9.60. The molecule has 0 bridgehead atoms. The Morgan fingerprint density at radius 1 is 1.35 bits per heavy atom. The van der Waals surface area contributed by atoms with Crippen molar-refractivity contribution < 1.29 is 4.74 Å². The Morgan fingerprint density at radius 3 is 2.90 bits per heavy atom. The largest absolute Gasteiger partial charge is 0.496 e. The molecule has 0 aliphatic carbocycles. The summed E-state index contributed by atoms with van der Waals surface area (Å²) in [5.74, 6) is 1.43. The van der Waals surface area contributed by atoms with Gasteiger partial charge in [0, 0.05) is 4.47 Å². The highest BCUT2D eigenvalue weighted by atomic mass is 79.9. The number of aryl methyl sites for hydroxylation is 1. The van der Waals surface area contributed by atoms with Gasteiger partial charge in [-0.15, -0.1) is 10.2 Å². The van der Waals surface area contributed by atoms with Crippen molar-refractivity contribution >= 4 is 21.7 Å². The van der Waals surface area contributed by atoms with Crippen LogP contribution in [0.2, 0.25) is 0 Å². The van der Waals surface area contributed by atoms with Crippen LogP contribution >= 0.6 is 15.9 Å². The molecule has 3 rings (SSSR count). The Labute approximate surface area is 121 Å². The van der Waals surface area contributed by atoms with E-state index in [4.69, 9.17) is 4.74 Å². The number of aromatic amines is 1. The topological polar surface area (TPSA) is 85.2 Å². The Balaban J connectivity index is 2.32. The van der Waals surface area contributed by atoms with E-state index >= 15 is 0 Å². The van der Waals surface area contributed by atoms with Crippen LogP contribution in [0.25, 0.3) is 17.2 Å². The highest BCUT2D eigenvalue weighted by molar-refractivity contribution is 9.10. The number of aromatic nitrogens is 5. The molecule has 0 fully saturated rings. The fourth-order valence-corrected chi connectivity index (χ4v) is 2.22. The summed E-state index contributed by atoms with van der Waals surface area (Å²) in [5, 5.41) is 12.2. The van der Waals surface area contributed by atoms with E-state index in [0.29, 0.717) is 17.3 Å².